The number of hydrogen-bond donors (Lipinski definition) is 1. The van der Waals surface area contributed by atoms with Gasteiger partial charge in [0.05, 0.1) is 0 Å². The summed E-state index contributed by atoms with van der Waals surface area (Å²) in [5, 5.41) is 7.58. The molecule has 1 N–H and O–H groups in total. The number of alkyl halides is 7. The molecule has 0 radical (unpaired) electrons. The molecule has 0 bridgehead atoms. The molecule has 14 heavy (non-hydrogen) atoms. The Morgan fingerprint density at radius 1 is 1.00 bits per heavy atom. The summed E-state index contributed by atoms with van der Waals surface area (Å²) in [6, 6.07) is 0. The van der Waals surface area contributed by atoms with E-state index in [4.69, 9.17) is 5.11 Å². The maximum absolute atomic E-state index is 12.1. The third-order valence-electron chi connectivity index (χ3n) is 1.15. The van der Waals surface area contributed by atoms with Crippen molar-refractivity contribution >= 4 is 5.97 Å². The summed E-state index contributed by atoms with van der Waals surface area (Å²) in [7, 11) is 0. The van der Waals surface area contributed by atoms with Gasteiger partial charge in [-0.1, -0.05) is 0 Å². The van der Waals surface area contributed by atoms with E-state index in [1.165, 1.54) is 0 Å². The van der Waals surface area contributed by atoms with Crippen LogP contribution in [-0.2, 0) is 4.79 Å². The second kappa shape index (κ2) is 3.28. The van der Waals surface area contributed by atoms with Gasteiger partial charge in [0.1, 0.15) is 6.42 Å². The van der Waals surface area contributed by atoms with Crippen LogP contribution in [0.1, 0.15) is 6.42 Å². The van der Waals surface area contributed by atoms with Crippen LogP contribution >= 0.6 is 0 Å². The maximum atomic E-state index is 12.1. The zero-order valence-corrected chi connectivity index (χ0v) is 6.21. The first kappa shape index (κ1) is 13.0. The van der Waals surface area contributed by atoms with E-state index < -0.39 is 30.4 Å². The van der Waals surface area contributed by atoms with Crippen LogP contribution in [-0.4, -0.2) is 29.1 Å². The molecule has 0 heterocycles. The Balaban J connectivity index is 4.87. The molecular formula is C5H3F7O2. The lowest BCUT2D eigenvalue weighted by Gasteiger charge is -2.23. The van der Waals surface area contributed by atoms with Gasteiger partial charge in [0.2, 0.25) is 0 Å². The van der Waals surface area contributed by atoms with Crippen molar-refractivity contribution in [3.8, 4) is 0 Å². The summed E-state index contributed by atoms with van der Waals surface area (Å²) in [5.74, 6) is -14.7. The zero-order valence-electron chi connectivity index (χ0n) is 6.21. The quantitative estimate of drug-likeness (QED) is 0.752. The van der Waals surface area contributed by atoms with Crippen LogP contribution in [0.4, 0.5) is 30.7 Å². The van der Waals surface area contributed by atoms with E-state index in [1.54, 1.807) is 0 Å². The Labute approximate surface area is 72.3 Å². The monoisotopic (exact) mass is 228 g/mol. The standard InChI is InChI=1S/C5H3F7O2/c6-3(7,1-4(8,9)10)5(11,12)2(13)14/h1H2,(H,13,14). The van der Waals surface area contributed by atoms with Gasteiger partial charge in [-0.25, -0.2) is 4.79 Å². The van der Waals surface area contributed by atoms with Gasteiger partial charge in [-0.3, -0.25) is 0 Å². The van der Waals surface area contributed by atoms with Crippen molar-refractivity contribution in [1.82, 2.24) is 0 Å². The molecule has 84 valence electrons. The Hall–Kier alpha value is -1.02. The van der Waals surface area contributed by atoms with E-state index in [-0.39, 0.29) is 0 Å². The fourth-order valence-corrected chi connectivity index (χ4v) is 0.519. The Bertz CT molecular complexity index is 231. The minimum Gasteiger partial charge on any atom is -0.477 e. The van der Waals surface area contributed by atoms with E-state index in [0.29, 0.717) is 0 Å². The largest absolute Gasteiger partial charge is 0.477 e. The minimum atomic E-state index is -5.73. The van der Waals surface area contributed by atoms with Crippen molar-refractivity contribution in [2.24, 2.45) is 0 Å². The van der Waals surface area contributed by atoms with Crippen molar-refractivity contribution in [3.63, 3.8) is 0 Å². The molecule has 0 spiro atoms. The topological polar surface area (TPSA) is 37.3 Å². The van der Waals surface area contributed by atoms with E-state index >= 15 is 0 Å². The van der Waals surface area contributed by atoms with Gasteiger partial charge in [0.25, 0.3) is 0 Å². The smallest absolute Gasteiger partial charge is 0.404 e. The highest BCUT2D eigenvalue weighted by molar-refractivity contribution is 5.76. The van der Waals surface area contributed by atoms with Gasteiger partial charge in [-0.05, 0) is 0 Å². The molecule has 0 saturated carbocycles. The van der Waals surface area contributed by atoms with Crippen LogP contribution in [0.15, 0.2) is 0 Å². The molecule has 0 atom stereocenters. The molecule has 9 heteroatoms. The molecule has 0 aliphatic rings. The Kier molecular flexibility index (Phi) is 3.04. The molecule has 0 aliphatic carbocycles. The predicted octanol–water partition coefficient (Wildman–Crippen LogP) is 2.29. The summed E-state index contributed by atoms with van der Waals surface area (Å²) < 4.78 is 82.2. The maximum Gasteiger partial charge on any atom is 0.404 e. The molecule has 0 aliphatic heterocycles. The molecule has 0 amide bonds. The normalized spacial score (nSPS) is 14.2. The SMILES string of the molecule is O=C(O)C(F)(F)C(F)(F)CC(F)(F)F. The molecule has 0 aromatic heterocycles. The Morgan fingerprint density at radius 3 is 1.57 bits per heavy atom. The molecule has 0 unspecified atom stereocenters. The molecule has 0 aromatic carbocycles. The Morgan fingerprint density at radius 2 is 1.36 bits per heavy atom. The van der Waals surface area contributed by atoms with Crippen molar-refractivity contribution in [3.05, 3.63) is 0 Å². The van der Waals surface area contributed by atoms with E-state index in [2.05, 4.69) is 0 Å². The second-order valence-corrected chi connectivity index (χ2v) is 2.38. The van der Waals surface area contributed by atoms with Crippen molar-refractivity contribution in [2.75, 3.05) is 0 Å². The van der Waals surface area contributed by atoms with Crippen molar-refractivity contribution in [2.45, 2.75) is 24.4 Å². The lowest BCUT2D eigenvalue weighted by Crippen LogP contribution is -2.49. The number of carbonyl (C=O) groups is 1. The van der Waals surface area contributed by atoms with E-state index in [9.17, 15) is 35.5 Å². The summed E-state index contributed by atoms with van der Waals surface area (Å²) in [4.78, 5) is 9.56. The van der Waals surface area contributed by atoms with Gasteiger partial charge >= 0.3 is 24.0 Å². The van der Waals surface area contributed by atoms with E-state index in [0.717, 1.165) is 0 Å². The number of aliphatic carboxylic acids is 1. The molecule has 0 fully saturated rings. The lowest BCUT2D eigenvalue weighted by molar-refractivity contribution is -0.262. The molecule has 0 saturated heterocycles. The summed E-state index contributed by atoms with van der Waals surface area (Å²) in [5.41, 5.74) is 0. The number of carboxylic acids is 1. The fourth-order valence-electron chi connectivity index (χ4n) is 0.519. The summed E-state index contributed by atoms with van der Waals surface area (Å²) in [6.07, 6.45) is -8.75. The molecule has 2 nitrogen and oxygen atoms in total. The molecular weight excluding hydrogens is 225 g/mol. The molecule has 0 rings (SSSR count). The van der Waals surface area contributed by atoms with Gasteiger partial charge in [-0.2, -0.15) is 30.7 Å². The lowest BCUT2D eigenvalue weighted by atomic mass is 10.1. The second-order valence-electron chi connectivity index (χ2n) is 2.38. The minimum absolute atomic E-state index is 3.18. The highest BCUT2D eigenvalue weighted by Crippen LogP contribution is 2.42. The van der Waals surface area contributed by atoms with Gasteiger partial charge in [0.15, 0.2) is 0 Å². The first-order chi connectivity index (χ1) is 5.90. The number of halogens is 7. The number of rotatable bonds is 3. The van der Waals surface area contributed by atoms with E-state index in [1.807, 2.05) is 0 Å². The van der Waals surface area contributed by atoms with Crippen LogP contribution in [0.3, 0.4) is 0 Å². The van der Waals surface area contributed by atoms with Gasteiger partial charge in [-0.15, -0.1) is 0 Å². The first-order valence-electron chi connectivity index (χ1n) is 2.96. The van der Waals surface area contributed by atoms with Crippen LogP contribution in [0, 0.1) is 0 Å². The summed E-state index contributed by atoms with van der Waals surface area (Å²) in [6.45, 7) is 0. The van der Waals surface area contributed by atoms with Crippen LogP contribution < -0.4 is 0 Å². The third kappa shape index (κ3) is 2.74. The van der Waals surface area contributed by atoms with Crippen molar-refractivity contribution < 1.29 is 40.6 Å². The summed E-state index contributed by atoms with van der Waals surface area (Å²) >= 11 is 0. The average Bonchev–Trinajstić information content (AvgIpc) is 1.80. The van der Waals surface area contributed by atoms with Gasteiger partial charge in [0, 0.05) is 0 Å². The van der Waals surface area contributed by atoms with Crippen molar-refractivity contribution in [1.29, 1.82) is 0 Å². The first-order valence-corrected chi connectivity index (χ1v) is 2.96. The highest BCUT2D eigenvalue weighted by Gasteiger charge is 2.65. The number of hydrogen-bond acceptors (Lipinski definition) is 1. The van der Waals surface area contributed by atoms with Crippen LogP contribution in [0.2, 0.25) is 0 Å². The fraction of sp³-hybridized carbons (Fsp3) is 0.800. The predicted molar refractivity (Wildman–Crippen MR) is 28.2 cm³/mol. The third-order valence-corrected chi connectivity index (χ3v) is 1.15. The molecule has 0 aromatic rings. The van der Waals surface area contributed by atoms with Crippen LogP contribution in [0.25, 0.3) is 0 Å². The zero-order chi connectivity index (χ0) is 11.8. The highest BCUT2D eigenvalue weighted by atomic mass is 19.4. The average molecular weight is 228 g/mol. The van der Waals surface area contributed by atoms with Crippen LogP contribution in [0.5, 0.6) is 0 Å². The number of carboxylic acid groups (broad SMARTS) is 1. The van der Waals surface area contributed by atoms with Gasteiger partial charge < -0.3 is 5.11 Å².